The molecular formula is C9H19N2O6P. The normalized spacial score (nSPS) is 12.8. The van der Waals surface area contributed by atoms with Gasteiger partial charge in [0.25, 0.3) is 10.2 Å². The zero-order valence-electron chi connectivity index (χ0n) is 10.5. The second-order valence-electron chi connectivity index (χ2n) is 4.70. The Morgan fingerprint density at radius 2 is 1.83 bits per heavy atom. The molecule has 106 valence electrons. The minimum absolute atomic E-state index is 0.122. The van der Waals surface area contributed by atoms with Crippen LogP contribution >= 0.6 is 9.24 Å². The number of hydrogen-bond donors (Lipinski definition) is 0. The molecule has 9 heteroatoms. The Labute approximate surface area is 107 Å². The first-order valence-electron chi connectivity index (χ1n) is 5.58. The van der Waals surface area contributed by atoms with Crippen LogP contribution in [0.3, 0.4) is 0 Å². The van der Waals surface area contributed by atoms with Gasteiger partial charge in [0.1, 0.15) is 12.7 Å². The van der Waals surface area contributed by atoms with Gasteiger partial charge in [-0.3, -0.25) is 0 Å². The van der Waals surface area contributed by atoms with Crippen molar-refractivity contribution >= 4 is 9.24 Å². The van der Waals surface area contributed by atoms with Crippen molar-refractivity contribution in [3.05, 3.63) is 20.2 Å². The zero-order chi connectivity index (χ0) is 14.2. The van der Waals surface area contributed by atoms with E-state index in [0.717, 1.165) is 12.8 Å². The van der Waals surface area contributed by atoms with Gasteiger partial charge in [0.2, 0.25) is 0 Å². The molecule has 8 nitrogen and oxygen atoms in total. The SMILES string of the molecule is CC(C)(P)CCCCC(CO[N+](=O)[O-])O[N+](=O)[O-]. The molecule has 0 aliphatic rings. The molecule has 0 spiro atoms. The largest absolute Gasteiger partial charge is 0.312 e. The molecular weight excluding hydrogens is 263 g/mol. The van der Waals surface area contributed by atoms with Crippen LogP contribution in [0.2, 0.25) is 0 Å². The number of rotatable bonds is 10. The van der Waals surface area contributed by atoms with Crippen LogP contribution in [0.4, 0.5) is 0 Å². The first-order valence-corrected chi connectivity index (χ1v) is 6.16. The van der Waals surface area contributed by atoms with Crippen LogP contribution in [0, 0.1) is 20.2 Å². The van der Waals surface area contributed by atoms with E-state index in [9.17, 15) is 20.2 Å². The fourth-order valence-electron chi connectivity index (χ4n) is 1.38. The summed E-state index contributed by atoms with van der Waals surface area (Å²) >= 11 is 0. The molecule has 2 atom stereocenters. The topological polar surface area (TPSA) is 105 Å². The Morgan fingerprint density at radius 3 is 2.28 bits per heavy atom. The summed E-state index contributed by atoms with van der Waals surface area (Å²) in [7, 11) is 2.72. The maximum Gasteiger partial charge on any atom is 0.294 e. The molecule has 0 heterocycles. The van der Waals surface area contributed by atoms with Gasteiger partial charge in [-0.25, -0.2) is 0 Å². The van der Waals surface area contributed by atoms with Crippen LogP contribution in [-0.4, -0.2) is 28.0 Å². The van der Waals surface area contributed by atoms with Crippen LogP contribution in [0.15, 0.2) is 0 Å². The van der Waals surface area contributed by atoms with Gasteiger partial charge in [-0.05, 0) is 18.0 Å². The fourth-order valence-corrected chi connectivity index (χ4v) is 1.59. The molecule has 0 saturated carbocycles. The highest BCUT2D eigenvalue weighted by Gasteiger charge is 2.16. The maximum atomic E-state index is 10.2. The number of hydrogen-bond acceptors (Lipinski definition) is 6. The van der Waals surface area contributed by atoms with Crippen LogP contribution < -0.4 is 0 Å². The van der Waals surface area contributed by atoms with Crippen molar-refractivity contribution in [3.63, 3.8) is 0 Å². The standard InChI is InChI=1S/C9H19N2O6P/c1-9(2,18)6-4-3-5-8(17-11(14)15)7-16-10(12)13/h8H,3-7,18H2,1-2H3. The second kappa shape index (κ2) is 8.02. The lowest BCUT2D eigenvalue weighted by Gasteiger charge is -2.18. The molecule has 0 aliphatic carbocycles. The highest BCUT2D eigenvalue weighted by atomic mass is 31.0. The average Bonchev–Trinajstić information content (AvgIpc) is 2.18. The van der Waals surface area contributed by atoms with Crippen molar-refractivity contribution in [1.29, 1.82) is 0 Å². The van der Waals surface area contributed by atoms with Gasteiger partial charge in [0.15, 0.2) is 0 Å². The predicted molar refractivity (Wildman–Crippen MR) is 67.1 cm³/mol. The van der Waals surface area contributed by atoms with E-state index in [1.165, 1.54) is 0 Å². The minimum atomic E-state index is -0.984. The minimum Gasteiger partial charge on any atom is -0.312 e. The molecule has 0 fully saturated rings. The Hall–Kier alpha value is -1.17. The molecule has 18 heavy (non-hydrogen) atoms. The average molecular weight is 282 g/mol. The molecule has 0 aromatic carbocycles. The molecule has 0 amide bonds. The van der Waals surface area contributed by atoms with E-state index in [4.69, 9.17) is 0 Å². The van der Waals surface area contributed by atoms with Gasteiger partial charge in [0.05, 0.1) is 0 Å². The third-order valence-electron chi connectivity index (χ3n) is 2.20. The first kappa shape index (κ1) is 16.8. The highest BCUT2D eigenvalue weighted by Crippen LogP contribution is 2.24. The Morgan fingerprint density at radius 1 is 1.22 bits per heavy atom. The second-order valence-corrected chi connectivity index (χ2v) is 6.27. The smallest absolute Gasteiger partial charge is 0.294 e. The van der Waals surface area contributed by atoms with Crippen LogP contribution in [0.5, 0.6) is 0 Å². The first-order chi connectivity index (χ1) is 8.20. The third-order valence-corrected chi connectivity index (χ3v) is 2.49. The zero-order valence-corrected chi connectivity index (χ0v) is 11.7. The summed E-state index contributed by atoms with van der Waals surface area (Å²) in [5.74, 6) is 0. The van der Waals surface area contributed by atoms with E-state index in [1.54, 1.807) is 0 Å². The van der Waals surface area contributed by atoms with Gasteiger partial charge >= 0.3 is 0 Å². The molecule has 0 radical (unpaired) electrons. The lowest BCUT2D eigenvalue weighted by molar-refractivity contribution is -0.790. The fraction of sp³-hybridized carbons (Fsp3) is 1.00. The molecule has 0 rings (SSSR count). The number of unbranched alkanes of at least 4 members (excludes halogenated alkanes) is 1. The predicted octanol–water partition coefficient (Wildman–Crippen LogP) is 1.99. The van der Waals surface area contributed by atoms with Crippen LogP contribution in [-0.2, 0) is 9.68 Å². The lowest BCUT2D eigenvalue weighted by Crippen LogP contribution is -2.24. The molecule has 0 saturated heterocycles. The Balaban J connectivity index is 3.93. The Kier molecular flexibility index (Phi) is 7.50. The van der Waals surface area contributed by atoms with Crippen LogP contribution in [0.25, 0.3) is 0 Å². The quantitative estimate of drug-likeness (QED) is 0.262. The van der Waals surface area contributed by atoms with E-state index in [0.29, 0.717) is 12.8 Å². The van der Waals surface area contributed by atoms with Crippen molar-refractivity contribution < 1.29 is 19.8 Å². The maximum absolute atomic E-state index is 10.2. The van der Waals surface area contributed by atoms with Crippen molar-refractivity contribution in [2.75, 3.05) is 6.61 Å². The summed E-state index contributed by atoms with van der Waals surface area (Å²) in [4.78, 5) is 28.6. The monoisotopic (exact) mass is 282 g/mol. The van der Waals surface area contributed by atoms with Gasteiger partial charge in [-0.2, -0.15) is 0 Å². The van der Waals surface area contributed by atoms with E-state index >= 15 is 0 Å². The van der Waals surface area contributed by atoms with Gasteiger partial charge in [-0.1, -0.05) is 26.7 Å². The van der Waals surface area contributed by atoms with Gasteiger partial charge in [0, 0.05) is 0 Å². The van der Waals surface area contributed by atoms with Crippen molar-refractivity contribution in [2.45, 2.75) is 50.8 Å². The van der Waals surface area contributed by atoms with Crippen LogP contribution in [0.1, 0.15) is 39.5 Å². The molecule has 0 aromatic rings. The molecule has 0 aromatic heterocycles. The van der Waals surface area contributed by atoms with Crippen molar-refractivity contribution in [2.24, 2.45) is 0 Å². The molecule has 0 bridgehead atoms. The van der Waals surface area contributed by atoms with Gasteiger partial charge in [-0.15, -0.1) is 29.5 Å². The summed E-state index contributed by atoms with van der Waals surface area (Å²) < 4.78 is 0. The third kappa shape index (κ3) is 11.3. The highest BCUT2D eigenvalue weighted by molar-refractivity contribution is 7.18. The van der Waals surface area contributed by atoms with Crippen molar-refractivity contribution in [1.82, 2.24) is 0 Å². The van der Waals surface area contributed by atoms with E-state index in [2.05, 4.69) is 32.8 Å². The van der Waals surface area contributed by atoms with Gasteiger partial charge < -0.3 is 9.68 Å². The molecule has 0 N–H and O–H groups in total. The summed E-state index contributed by atoms with van der Waals surface area (Å²) in [6.45, 7) is 3.72. The van der Waals surface area contributed by atoms with Crippen molar-refractivity contribution in [3.8, 4) is 0 Å². The Bertz CT molecular complexity index is 281. The van der Waals surface area contributed by atoms with E-state index in [1.807, 2.05) is 0 Å². The summed E-state index contributed by atoms with van der Waals surface area (Å²) in [5.41, 5.74) is 0. The summed E-state index contributed by atoms with van der Waals surface area (Å²) in [6.07, 6.45) is 1.97. The van der Waals surface area contributed by atoms with E-state index < -0.39 is 22.9 Å². The van der Waals surface area contributed by atoms with E-state index in [-0.39, 0.29) is 5.16 Å². The summed E-state index contributed by atoms with van der Waals surface area (Å²) in [6, 6.07) is 0. The number of nitrogens with zero attached hydrogens (tertiary/aromatic N) is 2. The summed E-state index contributed by atoms with van der Waals surface area (Å²) in [5, 5.41) is 18.4. The molecule has 0 aliphatic heterocycles. The lowest BCUT2D eigenvalue weighted by atomic mass is 10.0. The molecule has 2 unspecified atom stereocenters.